The van der Waals surface area contributed by atoms with Gasteiger partial charge in [0.15, 0.2) is 11.5 Å². The highest BCUT2D eigenvalue weighted by Gasteiger charge is 2.10. The molecule has 0 aliphatic heterocycles. The summed E-state index contributed by atoms with van der Waals surface area (Å²) in [6, 6.07) is 16.1. The molecule has 178 valence electrons. The summed E-state index contributed by atoms with van der Waals surface area (Å²) in [6.07, 6.45) is 7.62. The molecular formula is C27H37N3O3. The van der Waals surface area contributed by atoms with Crippen molar-refractivity contribution in [3.63, 3.8) is 0 Å². The number of hydrogen-bond acceptors (Lipinski definition) is 4. The van der Waals surface area contributed by atoms with Crippen molar-refractivity contribution < 1.29 is 14.3 Å². The zero-order valence-corrected chi connectivity index (χ0v) is 20.0. The fraction of sp³-hybridized carbons (Fsp3) is 0.481. The Kier molecular flexibility index (Phi) is 10.1. The van der Waals surface area contributed by atoms with Crippen molar-refractivity contribution in [1.29, 1.82) is 0 Å². The number of fused-ring (bicyclic) bond motifs is 1. The largest absolute Gasteiger partial charge is 0.493 e. The molecule has 1 heterocycles. The number of unbranched alkanes of at least 4 members (excludes halogenated alkanes) is 3. The van der Waals surface area contributed by atoms with E-state index in [9.17, 15) is 4.79 Å². The average molecular weight is 452 g/mol. The predicted molar refractivity (Wildman–Crippen MR) is 133 cm³/mol. The van der Waals surface area contributed by atoms with Gasteiger partial charge < -0.3 is 19.4 Å². The molecule has 1 aromatic heterocycles. The smallest absolute Gasteiger partial charge is 0.219 e. The maximum absolute atomic E-state index is 11.6. The molecule has 2 aromatic carbocycles. The van der Waals surface area contributed by atoms with E-state index in [0.29, 0.717) is 13.0 Å². The SMILES string of the molecule is CCCC(=O)NCCCCCc1nc2ccccc2n1CCCCOc1ccccc1OC. The number of ether oxygens (including phenoxy) is 2. The van der Waals surface area contributed by atoms with Crippen LogP contribution in [0.3, 0.4) is 0 Å². The summed E-state index contributed by atoms with van der Waals surface area (Å²) < 4.78 is 13.6. The second-order valence-corrected chi connectivity index (χ2v) is 8.29. The third-order valence-electron chi connectivity index (χ3n) is 5.71. The van der Waals surface area contributed by atoms with Crippen LogP contribution in [0.15, 0.2) is 48.5 Å². The van der Waals surface area contributed by atoms with Gasteiger partial charge in [0, 0.05) is 25.9 Å². The van der Waals surface area contributed by atoms with E-state index in [-0.39, 0.29) is 5.91 Å². The Morgan fingerprint density at radius 2 is 1.76 bits per heavy atom. The van der Waals surface area contributed by atoms with Gasteiger partial charge in [-0.3, -0.25) is 4.79 Å². The maximum atomic E-state index is 11.6. The van der Waals surface area contributed by atoms with Crippen LogP contribution in [0.4, 0.5) is 0 Å². The van der Waals surface area contributed by atoms with Crippen molar-refractivity contribution in [2.75, 3.05) is 20.3 Å². The maximum Gasteiger partial charge on any atom is 0.219 e. The third kappa shape index (κ3) is 7.52. The summed E-state index contributed by atoms with van der Waals surface area (Å²) in [5.41, 5.74) is 2.26. The van der Waals surface area contributed by atoms with E-state index >= 15 is 0 Å². The Hall–Kier alpha value is -3.02. The van der Waals surface area contributed by atoms with E-state index in [1.807, 2.05) is 37.3 Å². The number of hydrogen-bond donors (Lipinski definition) is 1. The first kappa shape index (κ1) is 24.6. The minimum Gasteiger partial charge on any atom is -0.493 e. The van der Waals surface area contributed by atoms with Gasteiger partial charge >= 0.3 is 0 Å². The number of aryl methyl sites for hydroxylation is 2. The molecule has 3 aromatic rings. The number of imidazole rings is 1. The Labute approximate surface area is 197 Å². The second-order valence-electron chi connectivity index (χ2n) is 8.29. The molecule has 0 bridgehead atoms. The van der Waals surface area contributed by atoms with Crippen LogP contribution in [0.5, 0.6) is 11.5 Å². The monoisotopic (exact) mass is 451 g/mol. The minimum atomic E-state index is 0.161. The zero-order valence-electron chi connectivity index (χ0n) is 20.0. The zero-order chi connectivity index (χ0) is 23.3. The van der Waals surface area contributed by atoms with Gasteiger partial charge in [-0.1, -0.05) is 37.6 Å². The molecule has 0 fully saturated rings. The number of methoxy groups -OCH3 is 1. The van der Waals surface area contributed by atoms with Gasteiger partial charge in [0.1, 0.15) is 5.82 Å². The predicted octanol–water partition coefficient (Wildman–Crippen LogP) is 5.53. The number of carbonyl (C=O) groups excluding carboxylic acids is 1. The van der Waals surface area contributed by atoms with E-state index in [1.165, 1.54) is 5.52 Å². The van der Waals surface area contributed by atoms with Gasteiger partial charge in [0.05, 0.1) is 24.8 Å². The number of amides is 1. The Balaban J connectivity index is 1.46. The van der Waals surface area contributed by atoms with Crippen molar-refractivity contribution >= 4 is 16.9 Å². The van der Waals surface area contributed by atoms with Gasteiger partial charge in [-0.2, -0.15) is 0 Å². The van der Waals surface area contributed by atoms with Crippen LogP contribution >= 0.6 is 0 Å². The van der Waals surface area contributed by atoms with Crippen molar-refractivity contribution in [3.8, 4) is 11.5 Å². The minimum absolute atomic E-state index is 0.161. The second kappa shape index (κ2) is 13.5. The quantitative estimate of drug-likeness (QED) is 0.308. The number of nitrogens with one attached hydrogen (secondary N) is 1. The van der Waals surface area contributed by atoms with Gasteiger partial charge in [-0.15, -0.1) is 0 Å². The van der Waals surface area contributed by atoms with Crippen molar-refractivity contribution in [2.24, 2.45) is 0 Å². The highest BCUT2D eigenvalue weighted by Crippen LogP contribution is 2.26. The van der Waals surface area contributed by atoms with Crippen LogP contribution < -0.4 is 14.8 Å². The van der Waals surface area contributed by atoms with Crippen LogP contribution in [0.2, 0.25) is 0 Å². The van der Waals surface area contributed by atoms with Crippen LogP contribution in [0, 0.1) is 0 Å². The third-order valence-corrected chi connectivity index (χ3v) is 5.71. The first-order chi connectivity index (χ1) is 16.2. The van der Waals surface area contributed by atoms with Crippen LogP contribution in [0.25, 0.3) is 11.0 Å². The summed E-state index contributed by atoms with van der Waals surface area (Å²) >= 11 is 0. The number of carbonyl (C=O) groups is 1. The van der Waals surface area contributed by atoms with Crippen molar-refractivity contribution in [1.82, 2.24) is 14.9 Å². The van der Waals surface area contributed by atoms with Gasteiger partial charge in [-0.05, 0) is 56.4 Å². The number of aromatic nitrogens is 2. The molecule has 0 atom stereocenters. The fourth-order valence-electron chi connectivity index (χ4n) is 3.99. The number of rotatable bonds is 15. The Bertz CT molecular complexity index is 999. The highest BCUT2D eigenvalue weighted by molar-refractivity contribution is 5.76. The number of nitrogens with zero attached hydrogens (tertiary/aromatic N) is 2. The summed E-state index contributed by atoms with van der Waals surface area (Å²) in [4.78, 5) is 16.5. The first-order valence-electron chi connectivity index (χ1n) is 12.2. The molecule has 33 heavy (non-hydrogen) atoms. The molecule has 0 aliphatic carbocycles. The van der Waals surface area contributed by atoms with Gasteiger partial charge in [-0.25, -0.2) is 4.98 Å². The van der Waals surface area contributed by atoms with Crippen LogP contribution in [0.1, 0.15) is 57.7 Å². The fourth-order valence-corrected chi connectivity index (χ4v) is 3.99. The topological polar surface area (TPSA) is 65.4 Å². The van der Waals surface area contributed by atoms with Gasteiger partial charge in [0.2, 0.25) is 5.91 Å². The standard InChI is InChI=1S/C27H37N3O3/c1-3-13-27(31)28-19-10-4-5-18-26-29-22-14-6-7-15-23(22)30(26)20-11-12-21-33-25-17-9-8-16-24(25)32-2/h6-9,14-17H,3-5,10-13,18-21H2,1-2H3,(H,28,31). The van der Waals surface area contributed by atoms with Crippen molar-refractivity contribution in [2.45, 2.75) is 64.8 Å². The lowest BCUT2D eigenvalue weighted by molar-refractivity contribution is -0.121. The Morgan fingerprint density at radius 1 is 0.970 bits per heavy atom. The van der Waals surface area contributed by atoms with Gasteiger partial charge in [0.25, 0.3) is 0 Å². The highest BCUT2D eigenvalue weighted by atomic mass is 16.5. The molecular weight excluding hydrogens is 414 g/mol. The van der Waals surface area contributed by atoms with E-state index in [2.05, 4.69) is 28.1 Å². The average Bonchev–Trinajstić information content (AvgIpc) is 3.19. The molecule has 1 amide bonds. The van der Waals surface area contributed by atoms with E-state index in [1.54, 1.807) is 7.11 Å². The summed E-state index contributed by atoms with van der Waals surface area (Å²) in [5.74, 6) is 2.87. The first-order valence-corrected chi connectivity index (χ1v) is 12.2. The lowest BCUT2D eigenvalue weighted by Crippen LogP contribution is -2.23. The molecule has 3 rings (SSSR count). The lowest BCUT2D eigenvalue weighted by Gasteiger charge is -2.12. The van der Waals surface area contributed by atoms with E-state index in [4.69, 9.17) is 14.5 Å². The van der Waals surface area contributed by atoms with Crippen LogP contribution in [-0.2, 0) is 17.8 Å². The number of benzene rings is 2. The summed E-state index contributed by atoms with van der Waals surface area (Å²) in [5, 5.41) is 2.99. The van der Waals surface area contributed by atoms with E-state index < -0.39 is 0 Å². The molecule has 0 aliphatic rings. The summed E-state index contributed by atoms with van der Waals surface area (Å²) in [7, 11) is 1.66. The van der Waals surface area contributed by atoms with E-state index in [0.717, 1.165) is 80.9 Å². The summed E-state index contributed by atoms with van der Waals surface area (Å²) in [6.45, 7) is 4.38. The molecule has 1 N–H and O–H groups in total. The molecule has 6 heteroatoms. The molecule has 0 unspecified atom stereocenters. The molecule has 0 saturated carbocycles. The Morgan fingerprint density at radius 3 is 2.58 bits per heavy atom. The molecule has 0 saturated heterocycles. The lowest BCUT2D eigenvalue weighted by atomic mass is 10.2. The normalized spacial score (nSPS) is 11.0. The molecule has 0 radical (unpaired) electrons. The van der Waals surface area contributed by atoms with Crippen molar-refractivity contribution in [3.05, 3.63) is 54.4 Å². The molecule has 6 nitrogen and oxygen atoms in total. The number of para-hydroxylation sites is 4. The van der Waals surface area contributed by atoms with Crippen LogP contribution in [-0.4, -0.2) is 35.7 Å². The molecule has 0 spiro atoms.